The molecule has 7 heteroatoms. The van der Waals surface area contributed by atoms with Gasteiger partial charge in [0.15, 0.2) is 11.5 Å². The van der Waals surface area contributed by atoms with Crippen LogP contribution in [0.3, 0.4) is 0 Å². The summed E-state index contributed by atoms with van der Waals surface area (Å²) in [5.74, 6) is 1.83. The summed E-state index contributed by atoms with van der Waals surface area (Å²) in [6.07, 6.45) is 1.61. The normalized spacial score (nSPS) is 10.0. The van der Waals surface area contributed by atoms with Gasteiger partial charge < -0.3 is 20.5 Å². The molecule has 0 aliphatic carbocycles. The molecule has 3 N–H and O–H groups in total. The van der Waals surface area contributed by atoms with E-state index in [1.807, 2.05) is 18.2 Å². The van der Waals surface area contributed by atoms with Crippen LogP contribution in [0, 0.1) is 0 Å². The van der Waals surface area contributed by atoms with Crippen LogP contribution in [0.4, 0.5) is 5.95 Å². The van der Waals surface area contributed by atoms with E-state index < -0.39 is 0 Å². The highest BCUT2D eigenvalue weighted by molar-refractivity contribution is 7.80. The highest BCUT2D eigenvalue weighted by atomic mass is 32.1. The van der Waals surface area contributed by atoms with Crippen LogP contribution in [0.5, 0.6) is 11.5 Å². The van der Waals surface area contributed by atoms with E-state index in [0.717, 1.165) is 5.56 Å². The van der Waals surface area contributed by atoms with Gasteiger partial charge in [0.25, 0.3) is 0 Å². The van der Waals surface area contributed by atoms with Crippen molar-refractivity contribution in [2.45, 2.75) is 6.54 Å². The molecular weight excluding hydrogens is 288 g/mol. The smallest absolute Gasteiger partial charge is 0.223 e. The van der Waals surface area contributed by atoms with Gasteiger partial charge in [0.05, 0.1) is 14.2 Å². The van der Waals surface area contributed by atoms with Crippen LogP contribution in [-0.4, -0.2) is 29.2 Å². The Morgan fingerprint density at radius 2 is 2.00 bits per heavy atom. The number of hydrogen-bond donors (Lipinski definition) is 2. The maximum absolute atomic E-state index is 5.54. The second-order valence-electron chi connectivity index (χ2n) is 4.17. The molecule has 0 spiro atoms. The van der Waals surface area contributed by atoms with E-state index in [1.165, 1.54) is 0 Å². The Labute approximate surface area is 128 Å². The van der Waals surface area contributed by atoms with Crippen molar-refractivity contribution in [1.29, 1.82) is 0 Å². The standard InChI is InChI=1S/C14H16N4O2S/c1-19-11-4-3-9(7-12(11)20-2)8-17-14-16-6-5-10(18-14)13(15)21/h3-7H,8H2,1-2H3,(H2,15,21)(H,16,17,18). The Morgan fingerprint density at radius 1 is 1.24 bits per heavy atom. The van der Waals surface area contributed by atoms with Gasteiger partial charge in [-0.3, -0.25) is 0 Å². The lowest BCUT2D eigenvalue weighted by molar-refractivity contribution is 0.354. The van der Waals surface area contributed by atoms with Crippen LogP contribution < -0.4 is 20.5 Å². The van der Waals surface area contributed by atoms with Gasteiger partial charge in [-0.25, -0.2) is 9.97 Å². The van der Waals surface area contributed by atoms with E-state index in [0.29, 0.717) is 29.7 Å². The SMILES string of the molecule is COc1ccc(CNc2nccc(C(N)=S)n2)cc1OC. The number of nitrogens with one attached hydrogen (secondary N) is 1. The number of nitrogens with zero attached hydrogens (tertiary/aromatic N) is 2. The minimum absolute atomic E-state index is 0.242. The molecule has 2 aromatic rings. The quantitative estimate of drug-likeness (QED) is 0.787. The molecule has 21 heavy (non-hydrogen) atoms. The van der Waals surface area contributed by atoms with Gasteiger partial charge in [-0.2, -0.15) is 0 Å². The second kappa shape index (κ2) is 6.85. The van der Waals surface area contributed by atoms with E-state index in [9.17, 15) is 0 Å². The van der Waals surface area contributed by atoms with Crippen LogP contribution in [0.2, 0.25) is 0 Å². The zero-order chi connectivity index (χ0) is 15.2. The molecule has 0 bridgehead atoms. The highest BCUT2D eigenvalue weighted by Crippen LogP contribution is 2.27. The van der Waals surface area contributed by atoms with Crippen molar-refractivity contribution >= 4 is 23.2 Å². The minimum Gasteiger partial charge on any atom is -0.493 e. The van der Waals surface area contributed by atoms with Crippen molar-refractivity contribution in [3.05, 3.63) is 41.7 Å². The number of hydrogen-bond acceptors (Lipinski definition) is 6. The van der Waals surface area contributed by atoms with Crippen LogP contribution in [0.25, 0.3) is 0 Å². The van der Waals surface area contributed by atoms with Gasteiger partial charge in [-0.05, 0) is 23.8 Å². The molecule has 0 atom stereocenters. The largest absolute Gasteiger partial charge is 0.493 e. The molecule has 0 radical (unpaired) electrons. The first-order chi connectivity index (χ1) is 10.1. The first-order valence-corrected chi connectivity index (χ1v) is 6.62. The molecule has 0 aliphatic rings. The first-order valence-electron chi connectivity index (χ1n) is 6.21. The topological polar surface area (TPSA) is 82.3 Å². The van der Waals surface area contributed by atoms with E-state index in [4.69, 9.17) is 27.4 Å². The molecule has 0 aliphatic heterocycles. The monoisotopic (exact) mass is 304 g/mol. The number of nitrogens with two attached hydrogens (primary N) is 1. The lowest BCUT2D eigenvalue weighted by atomic mass is 10.2. The fraction of sp³-hybridized carbons (Fsp3) is 0.214. The van der Waals surface area contributed by atoms with Crippen molar-refractivity contribution in [1.82, 2.24) is 9.97 Å². The lowest BCUT2D eigenvalue weighted by Gasteiger charge is -2.10. The second-order valence-corrected chi connectivity index (χ2v) is 4.61. The predicted molar refractivity (Wildman–Crippen MR) is 84.8 cm³/mol. The summed E-state index contributed by atoms with van der Waals surface area (Å²) in [6, 6.07) is 7.35. The van der Waals surface area contributed by atoms with Crippen molar-refractivity contribution in [2.75, 3.05) is 19.5 Å². The number of ether oxygens (including phenoxy) is 2. The van der Waals surface area contributed by atoms with Crippen LogP contribution in [0.15, 0.2) is 30.5 Å². The van der Waals surface area contributed by atoms with Gasteiger partial charge in [0.2, 0.25) is 5.95 Å². The summed E-state index contributed by atoms with van der Waals surface area (Å²) >= 11 is 4.89. The average Bonchev–Trinajstić information content (AvgIpc) is 2.52. The number of methoxy groups -OCH3 is 2. The zero-order valence-corrected chi connectivity index (χ0v) is 12.6. The molecular formula is C14H16N4O2S. The number of aromatic nitrogens is 2. The third-order valence-corrected chi connectivity index (χ3v) is 3.02. The number of benzene rings is 1. The van der Waals surface area contributed by atoms with Crippen LogP contribution in [0.1, 0.15) is 11.3 Å². The van der Waals surface area contributed by atoms with Gasteiger partial charge in [0.1, 0.15) is 10.7 Å². The average molecular weight is 304 g/mol. The molecule has 1 aromatic heterocycles. The Kier molecular flexibility index (Phi) is 4.89. The zero-order valence-electron chi connectivity index (χ0n) is 11.8. The third-order valence-electron chi connectivity index (χ3n) is 2.81. The fourth-order valence-corrected chi connectivity index (χ4v) is 1.87. The minimum atomic E-state index is 0.242. The summed E-state index contributed by atoms with van der Waals surface area (Å²) in [5, 5.41) is 3.11. The number of anilines is 1. The molecule has 1 aromatic carbocycles. The molecule has 0 saturated heterocycles. The number of thiocarbonyl (C=S) groups is 1. The van der Waals surface area contributed by atoms with Crippen molar-refractivity contribution in [3.63, 3.8) is 0 Å². The van der Waals surface area contributed by atoms with Crippen LogP contribution in [-0.2, 0) is 6.54 Å². The maximum atomic E-state index is 5.54. The Morgan fingerprint density at radius 3 is 2.67 bits per heavy atom. The van der Waals surface area contributed by atoms with E-state index in [2.05, 4.69) is 15.3 Å². The summed E-state index contributed by atoms with van der Waals surface area (Å²) in [4.78, 5) is 8.58. The molecule has 6 nitrogen and oxygen atoms in total. The molecule has 0 fully saturated rings. The molecule has 2 rings (SSSR count). The lowest BCUT2D eigenvalue weighted by Crippen LogP contribution is -2.13. The van der Waals surface area contributed by atoms with Crippen molar-refractivity contribution < 1.29 is 9.47 Å². The Hall–Kier alpha value is -2.41. The molecule has 0 saturated carbocycles. The molecule has 0 amide bonds. The van der Waals surface area contributed by atoms with Gasteiger partial charge in [-0.1, -0.05) is 18.3 Å². The first kappa shape index (κ1) is 15.0. The summed E-state index contributed by atoms with van der Waals surface area (Å²) < 4.78 is 10.5. The molecule has 0 unspecified atom stereocenters. The molecule has 1 heterocycles. The van der Waals surface area contributed by atoms with Gasteiger partial charge >= 0.3 is 0 Å². The van der Waals surface area contributed by atoms with Gasteiger partial charge in [0, 0.05) is 12.7 Å². The number of rotatable bonds is 6. The van der Waals surface area contributed by atoms with E-state index in [1.54, 1.807) is 26.5 Å². The Bertz CT molecular complexity index is 649. The summed E-state index contributed by atoms with van der Waals surface area (Å²) in [5.41, 5.74) is 7.09. The fourth-order valence-electron chi connectivity index (χ4n) is 1.75. The van der Waals surface area contributed by atoms with Gasteiger partial charge in [-0.15, -0.1) is 0 Å². The highest BCUT2D eigenvalue weighted by Gasteiger charge is 2.05. The summed E-state index contributed by atoms with van der Waals surface area (Å²) in [6.45, 7) is 0.543. The summed E-state index contributed by atoms with van der Waals surface area (Å²) in [7, 11) is 3.20. The Balaban J connectivity index is 2.09. The van der Waals surface area contributed by atoms with Crippen LogP contribution >= 0.6 is 12.2 Å². The van der Waals surface area contributed by atoms with E-state index >= 15 is 0 Å². The maximum Gasteiger partial charge on any atom is 0.223 e. The van der Waals surface area contributed by atoms with Crippen molar-refractivity contribution in [3.8, 4) is 11.5 Å². The third kappa shape index (κ3) is 3.79. The molecule has 110 valence electrons. The van der Waals surface area contributed by atoms with Crippen molar-refractivity contribution in [2.24, 2.45) is 5.73 Å². The predicted octanol–water partition coefficient (Wildman–Crippen LogP) is 1.74. The van der Waals surface area contributed by atoms with E-state index in [-0.39, 0.29) is 4.99 Å².